The summed E-state index contributed by atoms with van der Waals surface area (Å²) in [5.74, 6) is -0.731. The van der Waals surface area contributed by atoms with E-state index in [0.29, 0.717) is 24.4 Å². The number of rotatable bonds is 42. The normalized spacial score (nSPS) is 20.7. The fraction of sp³-hybridized carbons (Fsp3) is 0.768. The molecule has 0 spiro atoms. The van der Waals surface area contributed by atoms with Crippen LogP contribution in [-0.4, -0.2) is 77.8 Å². The maximum absolute atomic E-state index is 14.9. The fourth-order valence-corrected chi connectivity index (χ4v) is 11.3. The second-order valence-corrected chi connectivity index (χ2v) is 22.5. The highest BCUT2D eigenvalue weighted by Crippen LogP contribution is 2.54. The average Bonchev–Trinajstić information content (AvgIpc) is 4.04. The molecule has 2 aliphatic rings. The monoisotopic (exact) mass is 1040 g/mol. The molecular formula is C56H91ClN5O9P. The van der Waals surface area contributed by atoms with Crippen molar-refractivity contribution in [2.45, 2.75) is 243 Å². The van der Waals surface area contributed by atoms with Crippen molar-refractivity contribution in [1.29, 1.82) is 5.26 Å². The van der Waals surface area contributed by atoms with Gasteiger partial charge in [0.15, 0.2) is 11.6 Å². The lowest BCUT2D eigenvalue weighted by Gasteiger charge is -2.29. The van der Waals surface area contributed by atoms with Crippen molar-refractivity contribution in [3.05, 3.63) is 53.4 Å². The minimum Gasteiger partial charge on any atom is -0.402 e. The van der Waals surface area contributed by atoms with Crippen molar-refractivity contribution in [1.82, 2.24) is 14.6 Å². The first-order valence-corrected chi connectivity index (χ1v) is 29.9. The van der Waals surface area contributed by atoms with Gasteiger partial charge in [0.2, 0.25) is 5.60 Å². The number of unbranched alkanes of at least 4 members (excludes halogenated alkanes) is 26. The Kier molecular flexibility index (Phi) is 27.7. The molecule has 2 aliphatic heterocycles. The Hall–Kier alpha value is -2.83. The number of nitriles is 1. The first-order chi connectivity index (χ1) is 35.0. The van der Waals surface area contributed by atoms with E-state index in [9.17, 15) is 9.83 Å². The van der Waals surface area contributed by atoms with E-state index in [1.54, 1.807) is 50.2 Å². The number of ether oxygens (including phenoxy) is 5. The number of fused-ring (bicyclic) bond motifs is 2. The van der Waals surface area contributed by atoms with Crippen LogP contribution in [0.1, 0.15) is 213 Å². The number of para-hydroxylation sites is 1. The highest BCUT2D eigenvalue weighted by molar-refractivity contribution is 7.49. The zero-order valence-corrected chi connectivity index (χ0v) is 46.2. The van der Waals surface area contributed by atoms with Crippen molar-refractivity contribution in [3.8, 4) is 11.8 Å². The van der Waals surface area contributed by atoms with E-state index in [-0.39, 0.29) is 36.4 Å². The number of nitrogens with zero attached hydrogens (tertiary/aromatic N) is 4. The van der Waals surface area contributed by atoms with E-state index < -0.39 is 43.6 Å². The zero-order valence-electron chi connectivity index (χ0n) is 44.6. The van der Waals surface area contributed by atoms with Crippen LogP contribution < -0.4 is 10.3 Å². The molecule has 0 saturated carbocycles. The lowest BCUT2D eigenvalue weighted by atomic mass is 9.92. The predicted molar refractivity (Wildman–Crippen MR) is 286 cm³/mol. The lowest BCUT2D eigenvalue weighted by Crippen LogP contribution is -2.40. The van der Waals surface area contributed by atoms with E-state index in [0.717, 1.165) is 25.7 Å². The van der Waals surface area contributed by atoms with Crippen LogP contribution in [0.4, 0.5) is 5.82 Å². The minimum absolute atomic E-state index is 0.117. The molecule has 2 N–H and O–H groups in total. The lowest BCUT2D eigenvalue weighted by molar-refractivity contribution is -0.204. The molecule has 1 unspecified atom stereocenters. The zero-order chi connectivity index (χ0) is 51.3. The largest absolute Gasteiger partial charge is 0.530 e. The highest BCUT2D eigenvalue weighted by atomic mass is 35.5. The second-order valence-electron chi connectivity index (χ2n) is 20.5. The van der Waals surface area contributed by atoms with Crippen LogP contribution in [0.3, 0.4) is 0 Å². The number of phosphoric acid groups is 1. The summed E-state index contributed by atoms with van der Waals surface area (Å²) in [6.45, 7) is 8.93. The van der Waals surface area contributed by atoms with Crippen LogP contribution in [0.2, 0.25) is 5.02 Å². The van der Waals surface area contributed by atoms with Gasteiger partial charge in [0.05, 0.1) is 30.5 Å². The molecular weight excluding hydrogens is 953 g/mol. The van der Waals surface area contributed by atoms with Crippen molar-refractivity contribution in [2.24, 2.45) is 0 Å². The quantitative estimate of drug-likeness (QED) is 0.0420. The number of anilines is 1. The fourth-order valence-electron chi connectivity index (χ4n) is 9.84. The molecule has 0 amide bonds. The standard InChI is InChI=1S/C56H91ClN5O9P/c1-5-7-9-11-13-15-17-19-21-23-25-27-29-33-39-64-41-46(65-40-34-30-28-26-24-22-20-18-16-14-12-10-8-6-2)42-66-72(63,71-49-36-32-31-35-47(49)57)67-43-50-52-53(70-55(3,4)69-52)56(44-58,68-50)51-38-37-48-54(59)60-45-61-62(48)51/h31-32,35-38,45-46,50,52-53H,5-30,33-34,39-43H2,1-4H3,(H2,59,60,61)/t46-,50-,52-,53-,56+,72?/m1/s1. The topological polar surface area (TPSA) is 171 Å². The van der Waals surface area contributed by atoms with E-state index in [4.69, 9.17) is 54.6 Å². The van der Waals surface area contributed by atoms with Crippen molar-refractivity contribution in [2.75, 3.05) is 38.8 Å². The van der Waals surface area contributed by atoms with Gasteiger partial charge in [-0.15, -0.1) is 0 Å². The summed E-state index contributed by atoms with van der Waals surface area (Å²) in [7, 11) is -4.47. The third-order valence-electron chi connectivity index (χ3n) is 13.9. The number of nitrogens with two attached hydrogens (primary N) is 1. The third-order valence-corrected chi connectivity index (χ3v) is 15.6. The Morgan fingerprint density at radius 1 is 0.722 bits per heavy atom. The number of halogens is 1. The smallest absolute Gasteiger partial charge is 0.402 e. The molecule has 0 aliphatic carbocycles. The number of hydrogen-bond acceptors (Lipinski definition) is 13. The van der Waals surface area contributed by atoms with Crippen LogP contribution in [0, 0.1) is 11.3 Å². The molecule has 6 atom stereocenters. The molecule has 0 bridgehead atoms. The van der Waals surface area contributed by atoms with Crippen molar-refractivity contribution >= 4 is 30.8 Å². The van der Waals surface area contributed by atoms with Crippen LogP contribution in [0.5, 0.6) is 5.75 Å². The van der Waals surface area contributed by atoms with Gasteiger partial charge >= 0.3 is 7.82 Å². The summed E-state index contributed by atoms with van der Waals surface area (Å²) in [5.41, 5.74) is 5.31. The Morgan fingerprint density at radius 2 is 1.26 bits per heavy atom. The van der Waals surface area contributed by atoms with Gasteiger partial charge in [-0.3, -0.25) is 9.05 Å². The summed E-state index contributed by atoms with van der Waals surface area (Å²) in [6, 6.07) is 12.4. The first-order valence-electron chi connectivity index (χ1n) is 28.1. The average molecular weight is 1040 g/mol. The summed E-state index contributed by atoms with van der Waals surface area (Å²) in [5, 5.41) is 15.5. The van der Waals surface area contributed by atoms with Crippen molar-refractivity contribution < 1.29 is 41.8 Å². The molecule has 1 aromatic carbocycles. The Labute approximate surface area is 438 Å². The molecule has 72 heavy (non-hydrogen) atoms. The van der Waals surface area contributed by atoms with Crippen LogP contribution in [0.25, 0.3) is 5.52 Å². The summed E-state index contributed by atoms with van der Waals surface area (Å²) in [4.78, 5) is 4.09. The van der Waals surface area contributed by atoms with Gasteiger partial charge < -0.3 is 33.9 Å². The van der Waals surface area contributed by atoms with Gasteiger partial charge in [-0.25, -0.2) is 14.1 Å². The number of hydrogen-bond donors (Lipinski definition) is 1. The Balaban J connectivity index is 1.15. The molecule has 406 valence electrons. The van der Waals surface area contributed by atoms with Gasteiger partial charge in [0, 0.05) is 13.2 Å². The van der Waals surface area contributed by atoms with Crippen LogP contribution in [0.15, 0.2) is 42.7 Å². The second kappa shape index (κ2) is 33.3. The molecule has 2 saturated heterocycles. The SMILES string of the molecule is CCCCCCCCCCCCCCCCOC[C@H](COP(=O)(OC[C@H]1O[C@@](C#N)(c2ccc3c(N)ncnn23)[C@@H]2OC(C)(C)O[C@@H]21)Oc1ccccc1Cl)OCCCCCCCCCCCCCCCC. The van der Waals surface area contributed by atoms with Gasteiger partial charge in [-0.1, -0.05) is 205 Å². The molecule has 2 aromatic heterocycles. The molecule has 3 aromatic rings. The van der Waals surface area contributed by atoms with Gasteiger partial charge in [-0.05, 0) is 51.0 Å². The summed E-state index contributed by atoms with van der Waals surface area (Å²) >= 11 is 6.54. The van der Waals surface area contributed by atoms with Gasteiger partial charge in [0.25, 0.3) is 0 Å². The molecule has 16 heteroatoms. The van der Waals surface area contributed by atoms with E-state index in [1.807, 2.05) is 0 Å². The van der Waals surface area contributed by atoms with Crippen molar-refractivity contribution in [3.63, 3.8) is 0 Å². The summed E-state index contributed by atoms with van der Waals surface area (Å²) in [6.07, 6.45) is 33.9. The molecule has 5 rings (SSSR count). The molecule has 0 radical (unpaired) electrons. The third kappa shape index (κ3) is 20.0. The Morgan fingerprint density at radius 3 is 1.82 bits per heavy atom. The first kappa shape index (κ1) is 60.0. The number of aromatic nitrogens is 3. The molecule has 2 fully saturated rings. The predicted octanol–water partition coefficient (Wildman–Crippen LogP) is 15.2. The number of nitrogen functional groups attached to an aromatic ring is 1. The maximum atomic E-state index is 14.9. The number of benzene rings is 1. The highest BCUT2D eigenvalue weighted by Gasteiger charge is 2.65. The summed E-state index contributed by atoms with van der Waals surface area (Å²) < 4.78 is 66.6. The molecule has 14 nitrogen and oxygen atoms in total. The van der Waals surface area contributed by atoms with E-state index >= 15 is 0 Å². The van der Waals surface area contributed by atoms with Crippen LogP contribution in [-0.2, 0) is 42.9 Å². The van der Waals surface area contributed by atoms with Gasteiger partial charge in [-0.2, -0.15) is 10.4 Å². The molecule has 4 heterocycles. The van der Waals surface area contributed by atoms with E-state index in [1.165, 1.54) is 165 Å². The van der Waals surface area contributed by atoms with Gasteiger partial charge in [0.1, 0.15) is 48.1 Å². The van der Waals surface area contributed by atoms with Crippen LogP contribution >= 0.6 is 19.4 Å². The minimum atomic E-state index is -4.47. The Bertz CT molecular complexity index is 2040. The maximum Gasteiger partial charge on any atom is 0.530 e. The number of phosphoric ester groups is 1. The van der Waals surface area contributed by atoms with E-state index in [2.05, 4.69) is 30.0 Å².